The van der Waals surface area contributed by atoms with Crippen LogP contribution in [0, 0.1) is 12.7 Å². The van der Waals surface area contributed by atoms with E-state index in [1.165, 1.54) is 18.6 Å². The highest BCUT2D eigenvalue weighted by molar-refractivity contribution is 5.82. The molecule has 1 aliphatic heterocycles. The molecule has 0 unspecified atom stereocenters. The molecule has 3 heterocycles. The molecule has 0 saturated carbocycles. The first kappa shape index (κ1) is 20.5. The van der Waals surface area contributed by atoms with Crippen LogP contribution in [0.25, 0.3) is 10.9 Å². The van der Waals surface area contributed by atoms with Crippen LogP contribution in [0.3, 0.4) is 0 Å². The minimum atomic E-state index is -0.362. The highest BCUT2D eigenvalue weighted by atomic mass is 19.1. The topological polar surface area (TPSA) is 79.7 Å². The minimum absolute atomic E-state index is 0.126. The van der Waals surface area contributed by atoms with Crippen LogP contribution in [0.5, 0.6) is 0 Å². The number of piperidine rings is 1. The molecule has 4 aromatic rings. The summed E-state index contributed by atoms with van der Waals surface area (Å²) < 4.78 is 15.1. The van der Waals surface area contributed by atoms with Gasteiger partial charge in [-0.3, -0.25) is 9.69 Å². The molecule has 7 nitrogen and oxygen atoms in total. The van der Waals surface area contributed by atoms with Crippen molar-refractivity contribution in [3.05, 3.63) is 87.2 Å². The molecule has 8 heteroatoms. The summed E-state index contributed by atoms with van der Waals surface area (Å²) in [5.74, 6) is 0.337. The number of aromatic amines is 1. The number of aromatic nitrogens is 5. The number of fused-ring (bicyclic) bond motifs is 1. The van der Waals surface area contributed by atoms with Gasteiger partial charge in [-0.2, -0.15) is 0 Å². The number of nitrogens with one attached hydrogen (secondary N) is 1. The Morgan fingerprint density at radius 2 is 1.88 bits per heavy atom. The Balaban J connectivity index is 1.61. The lowest BCUT2D eigenvalue weighted by molar-refractivity contribution is 0.177. The number of rotatable bonds is 5. The number of para-hydroxylation sites is 1. The van der Waals surface area contributed by atoms with E-state index in [0.29, 0.717) is 17.9 Å². The van der Waals surface area contributed by atoms with E-state index < -0.39 is 0 Å². The maximum absolute atomic E-state index is 13.3. The third kappa shape index (κ3) is 3.93. The van der Waals surface area contributed by atoms with Crippen molar-refractivity contribution in [1.29, 1.82) is 0 Å². The number of halogens is 1. The summed E-state index contributed by atoms with van der Waals surface area (Å²) in [6, 6.07) is 13.9. The van der Waals surface area contributed by atoms with Crippen molar-refractivity contribution < 1.29 is 4.39 Å². The van der Waals surface area contributed by atoms with E-state index >= 15 is 0 Å². The molecule has 1 fully saturated rings. The first-order valence-corrected chi connectivity index (χ1v) is 11.0. The van der Waals surface area contributed by atoms with Crippen molar-refractivity contribution in [2.24, 2.45) is 0 Å². The molecular formula is C24H25FN6O. The van der Waals surface area contributed by atoms with Gasteiger partial charge in [-0.05, 0) is 78.0 Å². The number of aryl methyl sites for hydroxylation is 1. The first-order valence-electron chi connectivity index (χ1n) is 11.0. The summed E-state index contributed by atoms with van der Waals surface area (Å²) in [6.45, 7) is 4.14. The number of benzene rings is 2. The van der Waals surface area contributed by atoms with Crippen molar-refractivity contribution in [3.63, 3.8) is 0 Å². The molecule has 0 bridgehead atoms. The number of hydrogen-bond acceptors (Lipinski definition) is 5. The minimum Gasteiger partial charge on any atom is -0.321 e. The van der Waals surface area contributed by atoms with E-state index in [-0.39, 0.29) is 17.4 Å². The maximum atomic E-state index is 13.3. The van der Waals surface area contributed by atoms with E-state index in [1.54, 1.807) is 16.8 Å². The summed E-state index contributed by atoms with van der Waals surface area (Å²) in [7, 11) is 0. The molecule has 0 amide bonds. The Labute approximate surface area is 184 Å². The average Bonchev–Trinajstić information content (AvgIpc) is 3.25. The van der Waals surface area contributed by atoms with Gasteiger partial charge in [0.2, 0.25) is 0 Å². The molecule has 2 aromatic carbocycles. The fraction of sp³-hybridized carbons (Fsp3) is 0.333. The van der Waals surface area contributed by atoms with Crippen LogP contribution >= 0.6 is 0 Å². The molecule has 164 valence electrons. The third-order valence-electron chi connectivity index (χ3n) is 6.22. The Morgan fingerprint density at radius 1 is 1.09 bits per heavy atom. The van der Waals surface area contributed by atoms with Crippen LogP contribution in [0.4, 0.5) is 4.39 Å². The Kier molecular flexibility index (Phi) is 5.53. The molecule has 5 rings (SSSR count). The van der Waals surface area contributed by atoms with Gasteiger partial charge >= 0.3 is 0 Å². The zero-order valence-electron chi connectivity index (χ0n) is 18.0. The lowest BCUT2D eigenvalue weighted by atomic mass is 9.99. The van der Waals surface area contributed by atoms with Gasteiger partial charge in [-0.1, -0.05) is 36.8 Å². The van der Waals surface area contributed by atoms with E-state index in [1.807, 2.05) is 31.2 Å². The van der Waals surface area contributed by atoms with Gasteiger partial charge in [-0.25, -0.2) is 9.07 Å². The molecule has 0 radical (unpaired) electrons. The number of tetrazole rings is 1. The largest absolute Gasteiger partial charge is 0.321 e. The van der Waals surface area contributed by atoms with Crippen molar-refractivity contribution in [3.8, 4) is 0 Å². The first-order chi connectivity index (χ1) is 15.6. The second kappa shape index (κ2) is 8.63. The van der Waals surface area contributed by atoms with Crippen LogP contribution in [0.15, 0.2) is 53.3 Å². The maximum Gasteiger partial charge on any atom is 0.253 e. The van der Waals surface area contributed by atoms with Crippen molar-refractivity contribution >= 4 is 10.9 Å². The average molecular weight is 433 g/mol. The molecule has 0 spiro atoms. The number of pyridine rings is 1. The molecule has 1 saturated heterocycles. The number of nitrogens with zero attached hydrogens (tertiary/aromatic N) is 5. The van der Waals surface area contributed by atoms with Crippen LogP contribution in [0.1, 0.15) is 47.8 Å². The van der Waals surface area contributed by atoms with E-state index in [4.69, 9.17) is 0 Å². The molecule has 0 aliphatic carbocycles. The quantitative estimate of drug-likeness (QED) is 0.521. The van der Waals surface area contributed by atoms with E-state index in [2.05, 4.69) is 25.4 Å². The zero-order chi connectivity index (χ0) is 22.1. The van der Waals surface area contributed by atoms with E-state index in [0.717, 1.165) is 48.0 Å². The fourth-order valence-electron chi connectivity index (χ4n) is 4.56. The summed E-state index contributed by atoms with van der Waals surface area (Å²) in [4.78, 5) is 18.6. The Hall–Kier alpha value is -3.39. The summed E-state index contributed by atoms with van der Waals surface area (Å²) in [5.41, 5.74) is 3.28. The number of hydrogen-bond donors (Lipinski definition) is 1. The molecule has 1 aliphatic rings. The number of H-pyrrole nitrogens is 1. The molecule has 1 atom stereocenters. The van der Waals surface area contributed by atoms with Crippen molar-refractivity contribution in [2.45, 2.75) is 38.8 Å². The van der Waals surface area contributed by atoms with Crippen LogP contribution in [-0.4, -0.2) is 43.2 Å². The number of likely N-dealkylation sites (tertiary alicyclic amines) is 1. The molecule has 2 aromatic heterocycles. The summed E-state index contributed by atoms with van der Waals surface area (Å²) >= 11 is 0. The lowest BCUT2D eigenvalue weighted by Gasteiger charge is -2.33. The fourth-order valence-corrected chi connectivity index (χ4v) is 4.56. The summed E-state index contributed by atoms with van der Waals surface area (Å²) in [5, 5.41) is 13.5. The molecule has 32 heavy (non-hydrogen) atoms. The van der Waals surface area contributed by atoms with Crippen LogP contribution < -0.4 is 5.56 Å². The second-order valence-corrected chi connectivity index (χ2v) is 8.41. The summed E-state index contributed by atoms with van der Waals surface area (Å²) in [6.07, 6.45) is 3.32. The second-order valence-electron chi connectivity index (χ2n) is 8.41. The smallest absolute Gasteiger partial charge is 0.253 e. The highest BCUT2D eigenvalue weighted by Gasteiger charge is 2.31. The van der Waals surface area contributed by atoms with Gasteiger partial charge in [0.05, 0.1) is 12.1 Å². The Bertz CT molecular complexity index is 1290. The highest BCUT2D eigenvalue weighted by Crippen LogP contribution is 2.30. The van der Waals surface area contributed by atoms with Crippen LogP contribution in [0.2, 0.25) is 0 Å². The monoisotopic (exact) mass is 432 g/mol. The predicted octanol–water partition coefficient (Wildman–Crippen LogP) is 3.59. The standard InChI is InChI=1S/C24H25FN6O/c1-16-6-5-7-18-14-20(24(32)26-21(16)18)22(30-12-3-2-4-13-30)23-27-28-29-31(23)15-17-8-10-19(25)11-9-17/h5-11,14,22H,2-4,12-13,15H2,1H3,(H,26,32)/t22-/m1/s1. The Morgan fingerprint density at radius 3 is 2.66 bits per heavy atom. The van der Waals surface area contributed by atoms with Gasteiger partial charge in [-0.15, -0.1) is 5.10 Å². The van der Waals surface area contributed by atoms with Crippen molar-refractivity contribution in [1.82, 2.24) is 30.1 Å². The third-order valence-corrected chi connectivity index (χ3v) is 6.22. The normalized spacial score (nSPS) is 15.8. The van der Waals surface area contributed by atoms with Gasteiger partial charge in [0.15, 0.2) is 5.82 Å². The van der Waals surface area contributed by atoms with Gasteiger partial charge in [0.25, 0.3) is 5.56 Å². The predicted molar refractivity (Wildman–Crippen MR) is 120 cm³/mol. The van der Waals surface area contributed by atoms with Gasteiger partial charge < -0.3 is 4.98 Å². The van der Waals surface area contributed by atoms with Crippen molar-refractivity contribution in [2.75, 3.05) is 13.1 Å². The molecule has 1 N–H and O–H groups in total. The SMILES string of the molecule is Cc1cccc2cc([C@H](c3nnnn3Cc3ccc(F)cc3)N3CCCCC3)c(=O)[nH]c12. The molecular weight excluding hydrogens is 407 g/mol. The van der Waals surface area contributed by atoms with E-state index in [9.17, 15) is 9.18 Å². The van der Waals surface area contributed by atoms with Crippen LogP contribution in [-0.2, 0) is 6.54 Å². The van der Waals surface area contributed by atoms with Gasteiger partial charge in [0.1, 0.15) is 11.9 Å². The zero-order valence-corrected chi connectivity index (χ0v) is 18.0. The van der Waals surface area contributed by atoms with Gasteiger partial charge in [0, 0.05) is 5.56 Å². The lowest BCUT2D eigenvalue weighted by Crippen LogP contribution is -2.38.